The van der Waals surface area contributed by atoms with E-state index in [1.54, 1.807) is 43.5 Å². The van der Waals surface area contributed by atoms with Gasteiger partial charge in [-0.2, -0.15) is 0 Å². The van der Waals surface area contributed by atoms with E-state index in [0.717, 1.165) is 10.2 Å². The number of ether oxygens (including phenoxy) is 1. The minimum atomic E-state index is -0.456. The number of pyridine rings is 1. The van der Waals surface area contributed by atoms with E-state index in [9.17, 15) is 14.4 Å². The summed E-state index contributed by atoms with van der Waals surface area (Å²) in [6, 6.07) is 9.98. The molecule has 3 aromatic heterocycles. The molecule has 1 N–H and O–H groups in total. The average molecular weight is 408 g/mol. The number of rotatable bonds is 4. The van der Waals surface area contributed by atoms with E-state index in [0.29, 0.717) is 27.3 Å². The maximum absolute atomic E-state index is 12.9. The van der Waals surface area contributed by atoms with E-state index in [4.69, 9.17) is 0 Å². The zero-order valence-corrected chi connectivity index (χ0v) is 16.4. The standard InChI is InChI=1S/C20H16N4O4S/c1-11-22-16-14-4-3-9-21-18(14)29-17(16)19(26)24(11)10-15(25)23-13-7-5-12(6-8-13)20(27)28-2/h3-9H,10H2,1-2H3,(H,23,25). The number of esters is 1. The molecule has 1 aromatic carbocycles. The number of amides is 1. The second-order valence-electron chi connectivity index (χ2n) is 6.30. The largest absolute Gasteiger partial charge is 0.465 e. The first-order valence-corrected chi connectivity index (χ1v) is 9.52. The van der Waals surface area contributed by atoms with Crippen LogP contribution in [0.2, 0.25) is 0 Å². The summed E-state index contributed by atoms with van der Waals surface area (Å²) in [6.45, 7) is 1.52. The van der Waals surface area contributed by atoms with Crippen LogP contribution >= 0.6 is 11.3 Å². The molecule has 0 atom stereocenters. The van der Waals surface area contributed by atoms with Crippen molar-refractivity contribution >= 4 is 49.3 Å². The van der Waals surface area contributed by atoms with Gasteiger partial charge in [-0.3, -0.25) is 14.2 Å². The molecule has 0 aliphatic heterocycles. The number of nitrogens with zero attached hydrogens (tertiary/aromatic N) is 3. The fourth-order valence-electron chi connectivity index (χ4n) is 3.01. The van der Waals surface area contributed by atoms with E-state index < -0.39 is 5.97 Å². The number of benzene rings is 1. The number of methoxy groups -OCH3 is 1. The van der Waals surface area contributed by atoms with Crippen LogP contribution < -0.4 is 10.9 Å². The molecule has 0 saturated heterocycles. The molecule has 4 rings (SSSR count). The summed E-state index contributed by atoms with van der Waals surface area (Å²) in [6.07, 6.45) is 1.67. The van der Waals surface area contributed by atoms with Crippen molar-refractivity contribution in [1.29, 1.82) is 0 Å². The number of nitrogens with one attached hydrogen (secondary N) is 1. The van der Waals surface area contributed by atoms with Crippen molar-refractivity contribution in [1.82, 2.24) is 14.5 Å². The first-order valence-electron chi connectivity index (χ1n) is 8.71. The SMILES string of the molecule is COC(=O)c1ccc(NC(=O)Cn2c(C)nc3c(sc4ncccc43)c2=O)cc1. The van der Waals surface area contributed by atoms with E-state index in [1.165, 1.54) is 23.0 Å². The number of hydrogen-bond donors (Lipinski definition) is 1. The monoisotopic (exact) mass is 408 g/mol. The Morgan fingerprint density at radius 2 is 1.97 bits per heavy atom. The van der Waals surface area contributed by atoms with Crippen LogP contribution in [0, 0.1) is 6.92 Å². The predicted octanol–water partition coefficient (Wildman–Crippen LogP) is 2.74. The van der Waals surface area contributed by atoms with Crippen molar-refractivity contribution in [2.24, 2.45) is 0 Å². The zero-order valence-electron chi connectivity index (χ0n) is 15.6. The molecule has 0 aliphatic rings. The van der Waals surface area contributed by atoms with Crippen molar-refractivity contribution in [2.45, 2.75) is 13.5 Å². The van der Waals surface area contributed by atoms with Crippen molar-refractivity contribution in [3.63, 3.8) is 0 Å². The lowest BCUT2D eigenvalue weighted by Crippen LogP contribution is -2.29. The Hall–Kier alpha value is -3.59. The first-order chi connectivity index (χ1) is 14.0. The van der Waals surface area contributed by atoms with Crippen LogP contribution in [-0.4, -0.2) is 33.5 Å². The lowest BCUT2D eigenvalue weighted by Gasteiger charge is -2.10. The van der Waals surface area contributed by atoms with Gasteiger partial charge in [0.05, 0.1) is 18.2 Å². The molecule has 0 bridgehead atoms. The molecule has 29 heavy (non-hydrogen) atoms. The second-order valence-corrected chi connectivity index (χ2v) is 7.30. The van der Waals surface area contributed by atoms with Gasteiger partial charge >= 0.3 is 5.97 Å². The van der Waals surface area contributed by atoms with E-state index in [2.05, 4.69) is 20.0 Å². The minimum absolute atomic E-state index is 0.173. The Kier molecular flexibility index (Phi) is 4.81. The molecule has 0 fully saturated rings. The van der Waals surface area contributed by atoms with Crippen LogP contribution in [0.3, 0.4) is 0 Å². The lowest BCUT2D eigenvalue weighted by atomic mass is 10.2. The molecule has 0 unspecified atom stereocenters. The number of aromatic nitrogens is 3. The highest BCUT2D eigenvalue weighted by molar-refractivity contribution is 7.25. The molecule has 0 saturated carbocycles. The molecule has 0 radical (unpaired) electrons. The van der Waals surface area contributed by atoms with Gasteiger partial charge in [0.25, 0.3) is 5.56 Å². The highest BCUT2D eigenvalue weighted by atomic mass is 32.1. The van der Waals surface area contributed by atoms with Crippen molar-refractivity contribution in [3.8, 4) is 0 Å². The number of aryl methyl sites for hydroxylation is 1. The molecular formula is C20H16N4O4S. The Balaban J connectivity index is 1.60. The molecule has 3 heterocycles. The van der Waals surface area contributed by atoms with Crippen LogP contribution in [0.4, 0.5) is 5.69 Å². The third-order valence-corrected chi connectivity index (χ3v) is 5.53. The Morgan fingerprint density at radius 3 is 2.69 bits per heavy atom. The lowest BCUT2D eigenvalue weighted by molar-refractivity contribution is -0.116. The van der Waals surface area contributed by atoms with Gasteiger partial charge in [-0.15, -0.1) is 11.3 Å². The van der Waals surface area contributed by atoms with Gasteiger partial charge in [0.15, 0.2) is 0 Å². The summed E-state index contributed by atoms with van der Waals surface area (Å²) in [5, 5.41) is 3.54. The van der Waals surface area contributed by atoms with Gasteiger partial charge in [-0.25, -0.2) is 14.8 Å². The van der Waals surface area contributed by atoms with Gasteiger partial charge in [-0.1, -0.05) is 0 Å². The van der Waals surface area contributed by atoms with Gasteiger partial charge in [0, 0.05) is 17.3 Å². The quantitative estimate of drug-likeness (QED) is 0.521. The van der Waals surface area contributed by atoms with E-state index >= 15 is 0 Å². The summed E-state index contributed by atoms with van der Waals surface area (Å²) in [4.78, 5) is 46.4. The van der Waals surface area contributed by atoms with Crippen LogP contribution in [0.1, 0.15) is 16.2 Å². The highest BCUT2D eigenvalue weighted by Gasteiger charge is 2.16. The highest BCUT2D eigenvalue weighted by Crippen LogP contribution is 2.28. The molecule has 4 aromatic rings. The summed E-state index contributed by atoms with van der Waals surface area (Å²) in [5.74, 6) is -0.383. The molecule has 146 valence electrons. The summed E-state index contributed by atoms with van der Waals surface area (Å²) >= 11 is 1.27. The smallest absolute Gasteiger partial charge is 0.337 e. The van der Waals surface area contributed by atoms with E-state index in [1.807, 2.05) is 6.07 Å². The number of thiophene rings is 1. The average Bonchev–Trinajstić information content (AvgIpc) is 3.10. The normalized spacial score (nSPS) is 11.0. The van der Waals surface area contributed by atoms with Gasteiger partial charge in [-0.05, 0) is 43.3 Å². The maximum Gasteiger partial charge on any atom is 0.337 e. The van der Waals surface area contributed by atoms with Gasteiger partial charge in [0.2, 0.25) is 5.91 Å². The number of carbonyl (C=O) groups excluding carboxylic acids is 2. The maximum atomic E-state index is 12.9. The van der Waals surface area contributed by atoms with Crippen LogP contribution in [0.25, 0.3) is 20.4 Å². The summed E-state index contributed by atoms with van der Waals surface area (Å²) in [5.41, 5.74) is 1.22. The fraction of sp³-hybridized carbons (Fsp3) is 0.150. The minimum Gasteiger partial charge on any atom is -0.465 e. The number of hydrogen-bond acceptors (Lipinski definition) is 7. The fourth-order valence-corrected chi connectivity index (χ4v) is 4.04. The number of anilines is 1. The Morgan fingerprint density at radius 1 is 1.21 bits per heavy atom. The topological polar surface area (TPSA) is 103 Å². The molecular weight excluding hydrogens is 392 g/mol. The van der Waals surface area contributed by atoms with Crippen LogP contribution in [0.15, 0.2) is 47.4 Å². The molecule has 9 heteroatoms. The zero-order chi connectivity index (χ0) is 20.5. The number of carbonyl (C=O) groups is 2. The second kappa shape index (κ2) is 7.44. The third-order valence-electron chi connectivity index (χ3n) is 4.44. The van der Waals surface area contributed by atoms with Crippen molar-refractivity contribution in [2.75, 3.05) is 12.4 Å². The summed E-state index contributed by atoms with van der Waals surface area (Å²) < 4.78 is 6.46. The third kappa shape index (κ3) is 3.47. The van der Waals surface area contributed by atoms with Crippen molar-refractivity contribution < 1.29 is 14.3 Å². The van der Waals surface area contributed by atoms with Crippen LogP contribution in [0.5, 0.6) is 0 Å². The van der Waals surface area contributed by atoms with Crippen molar-refractivity contribution in [3.05, 3.63) is 64.3 Å². The molecule has 0 spiro atoms. The predicted molar refractivity (Wildman–Crippen MR) is 110 cm³/mol. The first kappa shape index (κ1) is 18.8. The molecule has 0 aliphatic carbocycles. The molecule has 8 nitrogen and oxygen atoms in total. The van der Waals surface area contributed by atoms with E-state index in [-0.39, 0.29) is 18.0 Å². The Labute approximate surface area is 168 Å². The van der Waals surface area contributed by atoms with Crippen LogP contribution in [-0.2, 0) is 16.1 Å². The Bertz CT molecular complexity index is 1310. The molecule has 1 amide bonds. The number of fused-ring (bicyclic) bond motifs is 3. The van der Waals surface area contributed by atoms with Gasteiger partial charge < -0.3 is 10.1 Å². The van der Waals surface area contributed by atoms with Gasteiger partial charge in [0.1, 0.15) is 21.9 Å². The summed E-state index contributed by atoms with van der Waals surface area (Å²) in [7, 11) is 1.30.